The van der Waals surface area contributed by atoms with Crippen molar-refractivity contribution in [2.75, 3.05) is 20.3 Å². The molecule has 4 rings (SSSR count). The van der Waals surface area contributed by atoms with Crippen molar-refractivity contribution in [2.45, 2.75) is 62.0 Å². The van der Waals surface area contributed by atoms with Crippen molar-refractivity contribution < 1.29 is 27.9 Å². The number of carbonyl (C=O) groups excluding carboxylic acids is 2. The molecule has 3 aromatic rings. The van der Waals surface area contributed by atoms with Gasteiger partial charge < -0.3 is 20.1 Å². The monoisotopic (exact) mass is 593 g/mol. The van der Waals surface area contributed by atoms with E-state index in [1.54, 1.807) is 36.3 Å². The minimum atomic E-state index is -3.55. The van der Waals surface area contributed by atoms with Gasteiger partial charge in [-0.2, -0.15) is 0 Å². The Morgan fingerprint density at radius 1 is 0.952 bits per heavy atom. The molecule has 0 heterocycles. The number of carbonyl (C=O) groups is 2. The van der Waals surface area contributed by atoms with Crippen LogP contribution in [0.1, 0.15) is 42.4 Å². The molecule has 10 heteroatoms. The van der Waals surface area contributed by atoms with Gasteiger partial charge in [0, 0.05) is 38.6 Å². The Kier molecular flexibility index (Phi) is 11.1. The topological polar surface area (TPSA) is 125 Å². The van der Waals surface area contributed by atoms with Crippen molar-refractivity contribution in [3.8, 4) is 5.75 Å². The highest BCUT2D eigenvalue weighted by Gasteiger charge is 2.30. The first-order valence-corrected chi connectivity index (χ1v) is 15.7. The number of aliphatic hydroxyl groups is 1. The summed E-state index contributed by atoms with van der Waals surface area (Å²) in [6.45, 7) is 0.475. The lowest BCUT2D eigenvalue weighted by Crippen LogP contribution is -2.50. The maximum Gasteiger partial charge on any atom is 0.243 e. The van der Waals surface area contributed by atoms with Gasteiger partial charge in [-0.05, 0) is 66.6 Å². The normalized spacial score (nSPS) is 13.8. The van der Waals surface area contributed by atoms with Crippen LogP contribution in [0.5, 0.6) is 5.75 Å². The number of sulfonamides is 1. The van der Waals surface area contributed by atoms with Crippen LogP contribution in [0, 0.1) is 0 Å². The van der Waals surface area contributed by atoms with Gasteiger partial charge >= 0.3 is 0 Å². The molecule has 0 saturated heterocycles. The van der Waals surface area contributed by atoms with Crippen LogP contribution in [-0.4, -0.2) is 62.6 Å². The molecule has 3 N–H and O–H groups in total. The van der Waals surface area contributed by atoms with Gasteiger partial charge in [-0.25, -0.2) is 13.1 Å². The van der Waals surface area contributed by atoms with E-state index in [2.05, 4.69) is 10.0 Å². The van der Waals surface area contributed by atoms with Gasteiger partial charge in [0.15, 0.2) is 0 Å². The molecule has 0 aliphatic heterocycles. The highest BCUT2D eigenvalue weighted by atomic mass is 32.2. The van der Waals surface area contributed by atoms with Gasteiger partial charge in [0.05, 0.1) is 12.0 Å². The average molecular weight is 594 g/mol. The zero-order valence-electron chi connectivity index (χ0n) is 23.9. The maximum absolute atomic E-state index is 13.8. The molecule has 0 bridgehead atoms. The molecule has 3 aromatic carbocycles. The van der Waals surface area contributed by atoms with Crippen LogP contribution in [0.2, 0.25) is 0 Å². The Labute approximate surface area is 248 Å². The van der Waals surface area contributed by atoms with Crippen LogP contribution in [0.4, 0.5) is 0 Å². The number of nitrogens with one attached hydrogen (secondary N) is 2. The molecule has 9 nitrogen and oxygen atoms in total. The zero-order valence-corrected chi connectivity index (χ0v) is 24.7. The number of ether oxygens (including phenoxy) is 1. The van der Waals surface area contributed by atoms with E-state index in [0.717, 1.165) is 29.5 Å². The largest absolute Gasteiger partial charge is 0.497 e. The zero-order chi connectivity index (χ0) is 30.0. The Balaban J connectivity index is 1.54. The molecule has 224 valence electrons. The summed E-state index contributed by atoms with van der Waals surface area (Å²) in [7, 11) is -1.97. The molecule has 0 unspecified atom stereocenters. The summed E-state index contributed by atoms with van der Waals surface area (Å²) in [6, 6.07) is 22.8. The lowest BCUT2D eigenvalue weighted by atomic mass is 10.0. The van der Waals surface area contributed by atoms with E-state index < -0.39 is 16.1 Å². The van der Waals surface area contributed by atoms with Crippen molar-refractivity contribution in [1.82, 2.24) is 14.9 Å². The number of nitrogens with zero attached hydrogens (tertiary/aromatic N) is 1. The number of hydrogen-bond donors (Lipinski definition) is 3. The molecule has 0 spiro atoms. The first kappa shape index (κ1) is 31.2. The van der Waals surface area contributed by atoms with E-state index >= 15 is 0 Å². The number of aliphatic hydroxyl groups excluding tert-OH is 1. The Morgan fingerprint density at radius 2 is 1.62 bits per heavy atom. The third kappa shape index (κ3) is 9.14. The minimum Gasteiger partial charge on any atom is -0.497 e. The SMILES string of the molecule is COc1ccc(CN(C(=O)CCc2ccc(S(=O)(=O)NC3CC3)cc2)[C@@H](Cc2ccccc2)C(=O)NCCCO)cc1. The third-order valence-corrected chi connectivity index (χ3v) is 8.71. The highest BCUT2D eigenvalue weighted by Crippen LogP contribution is 2.23. The van der Waals surface area contributed by atoms with Gasteiger partial charge in [0.1, 0.15) is 11.8 Å². The maximum atomic E-state index is 13.8. The Morgan fingerprint density at radius 3 is 2.24 bits per heavy atom. The van der Waals surface area contributed by atoms with Crippen molar-refractivity contribution in [1.29, 1.82) is 0 Å². The van der Waals surface area contributed by atoms with E-state index in [0.29, 0.717) is 31.6 Å². The van der Waals surface area contributed by atoms with E-state index in [-0.39, 0.29) is 42.3 Å². The van der Waals surface area contributed by atoms with E-state index in [1.807, 2.05) is 54.6 Å². The lowest BCUT2D eigenvalue weighted by molar-refractivity contribution is -0.141. The predicted octanol–water partition coefficient (Wildman–Crippen LogP) is 3.21. The quantitative estimate of drug-likeness (QED) is 0.219. The molecule has 1 atom stereocenters. The second-order valence-corrected chi connectivity index (χ2v) is 12.2. The Bertz CT molecular complexity index is 1410. The predicted molar refractivity (Wildman–Crippen MR) is 160 cm³/mol. The van der Waals surface area contributed by atoms with Gasteiger partial charge in [-0.15, -0.1) is 0 Å². The summed E-state index contributed by atoms with van der Waals surface area (Å²) in [5, 5.41) is 12.1. The fourth-order valence-corrected chi connectivity index (χ4v) is 5.91. The number of rotatable bonds is 16. The van der Waals surface area contributed by atoms with Crippen molar-refractivity contribution in [2.24, 2.45) is 0 Å². The summed E-state index contributed by atoms with van der Waals surface area (Å²) in [6.07, 6.45) is 2.98. The van der Waals surface area contributed by atoms with E-state index in [4.69, 9.17) is 4.74 Å². The fraction of sp³-hybridized carbons (Fsp3) is 0.375. The number of benzene rings is 3. The van der Waals surface area contributed by atoms with Crippen LogP contribution in [-0.2, 0) is 39.0 Å². The number of methoxy groups -OCH3 is 1. The number of hydrogen-bond acceptors (Lipinski definition) is 6. The third-order valence-electron chi connectivity index (χ3n) is 7.18. The second-order valence-electron chi connectivity index (χ2n) is 10.5. The summed E-state index contributed by atoms with van der Waals surface area (Å²) >= 11 is 0. The second kappa shape index (κ2) is 14.9. The van der Waals surface area contributed by atoms with E-state index in [9.17, 15) is 23.1 Å². The molecular weight excluding hydrogens is 554 g/mol. The van der Waals surface area contributed by atoms with Crippen molar-refractivity contribution in [3.63, 3.8) is 0 Å². The van der Waals surface area contributed by atoms with Gasteiger partial charge in [0.2, 0.25) is 21.8 Å². The standard InChI is InChI=1S/C32H39N3O6S/c1-41-28-15-8-26(9-16-28)23-35(30(32(38)33-20-5-21-36)22-25-6-3-2-4-7-25)31(37)19-12-24-10-17-29(18-11-24)42(39,40)34-27-13-14-27/h2-4,6-11,15-18,27,30,34,36H,5,12-14,19-23H2,1H3,(H,33,38)/t30-/m0/s1. The highest BCUT2D eigenvalue weighted by molar-refractivity contribution is 7.89. The average Bonchev–Trinajstić information content (AvgIpc) is 3.82. The van der Waals surface area contributed by atoms with Gasteiger partial charge in [-0.1, -0.05) is 54.6 Å². The first-order valence-electron chi connectivity index (χ1n) is 14.2. The molecule has 0 aromatic heterocycles. The summed E-state index contributed by atoms with van der Waals surface area (Å²) in [4.78, 5) is 29.1. The van der Waals surface area contributed by atoms with Crippen molar-refractivity contribution in [3.05, 3.63) is 95.6 Å². The first-order chi connectivity index (χ1) is 20.3. The van der Waals surface area contributed by atoms with Crippen LogP contribution >= 0.6 is 0 Å². The molecule has 1 saturated carbocycles. The molecule has 1 aliphatic rings. The molecule has 0 radical (unpaired) electrons. The number of aryl methyl sites for hydroxylation is 1. The van der Waals surface area contributed by atoms with Crippen LogP contribution < -0.4 is 14.8 Å². The van der Waals surface area contributed by atoms with Gasteiger partial charge in [0.25, 0.3) is 0 Å². The van der Waals surface area contributed by atoms with Crippen molar-refractivity contribution >= 4 is 21.8 Å². The smallest absolute Gasteiger partial charge is 0.243 e. The molecule has 1 fully saturated rings. The minimum absolute atomic E-state index is 0.0219. The van der Waals surface area contributed by atoms with Crippen LogP contribution in [0.3, 0.4) is 0 Å². The van der Waals surface area contributed by atoms with Crippen LogP contribution in [0.25, 0.3) is 0 Å². The summed E-state index contributed by atoms with van der Waals surface area (Å²) < 4.78 is 33.0. The van der Waals surface area contributed by atoms with Crippen LogP contribution in [0.15, 0.2) is 83.8 Å². The molecule has 42 heavy (non-hydrogen) atoms. The molecular formula is C32H39N3O6S. The summed E-state index contributed by atoms with van der Waals surface area (Å²) in [5.74, 6) is 0.208. The molecule has 2 amide bonds. The van der Waals surface area contributed by atoms with E-state index in [1.165, 1.54) is 0 Å². The van der Waals surface area contributed by atoms with Gasteiger partial charge in [-0.3, -0.25) is 9.59 Å². The summed E-state index contributed by atoms with van der Waals surface area (Å²) in [5.41, 5.74) is 2.59. The fourth-order valence-electron chi connectivity index (χ4n) is 4.61. The number of amides is 2. The molecule has 1 aliphatic carbocycles. The lowest BCUT2D eigenvalue weighted by Gasteiger charge is -2.31. The Hall–Kier alpha value is -3.73.